The summed E-state index contributed by atoms with van der Waals surface area (Å²) < 4.78 is 12.8. The van der Waals surface area contributed by atoms with Crippen molar-refractivity contribution in [2.45, 2.75) is 45.8 Å². The molecule has 1 fully saturated rings. The van der Waals surface area contributed by atoms with Gasteiger partial charge in [0.05, 0.1) is 26.9 Å². The third kappa shape index (κ3) is 6.93. The number of nitrogens with one attached hydrogen (secondary N) is 2. The number of aryl methyl sites for hydroxylation is 1. The lowest BCUT2D eigenvalue weighted by Crippen LogP contribution is -2.56. The largest absolute Gasteiger partial charge is 0.497 e. The second-order valence-electron chi connectivity index (χ2n) is 8.50. The number of guanidine groups is 1. The second kappa shape index (κ2) is 11.8. The number of aromatic nitrogens is 3. The first-order valence-corrected chi connectivity index (χ1v) is 11.4. The summed E-state index contributed by atoms with van der Waals surface area (Å²) in [6.07, 6.45) is 2.65. The maximum Gasteiger partial charge on any atom is 0.191 e. The van der Waals surface area contributed by atoms with Crippen molar-refractivity contribution in [3.63, 3.8) is 0 Å². The number of rotatable bonds is 10. The van der Waals surface area contributed by atoms with Crippen molar-refractivity contribution < 1.29 is 9.47 Å². The van der Waals surface area contributed by atoms with E-state index >= 15 is 0 Å². The Kier molecular flexibility index (Phi) is 8.87. The van der Waals surface area contributed by atoms with E-state index in [0.29, 0.717) is 6.54 Å². The second-order valence-corrected chi connectivity index (χ2v) is 8.50. The van der Waals surface area contributed by atoms with Crippen LogP contribution in [0.3, 0.4) is 0 Å². The average Bonchev–Trinajstić information content (AvgIpc) is 3.29. The van der Waals surface area contributed by atoms with Gasteiger partial charge in [-0.05, 0) is 31.5 Å². The molecule has 0 spiro atoms. The molecule has 3 rings (SSSR count). The summed E-state index contributed by atoms with van der Waals surface area (Å²) >= 11 is 0. The fraction of sp³-hybridized carbons (Fsp3) is 0.609. The molecule has 9 heteroatoms. The lowest BCUT2D eigenvalue weighted by atomic mass is 10.0. The van der Waals surface area contributed by atoms with Crippen LogP contribution in [0.4, 0.5) is 0 Å². The van der Waals surface area contributed by atoms with Gasteiger partial charge in [0.15, 0.2) is 5.96 Å². The van der Waals surface area contributed by atoms with Gasteiger partial charge in [-0.2, -0.15) is 0 Å². The van der Waals surface area contributed by atoms with Gasteiger partial charge in [0, 0.05) is 44.7 Å². The predicted molar refractivity (Wildman–Crippen MR) is 126 cm³/mol. The van der Waals surface area contributed by atoms with Crippen LogP contribution < -0.4 is 15.4 Å². The third-order valence-corrected chi connectivity index (χ3v) is 5.79. The molecule has 1 aliphatic rings. The van der Waals surface area contributed by atoms with Crippen molar-refractivity contribution in [3.8, 4) is 5.75 Å². The molecule has 0 aliphatic carbocycles. The highest BCUT2D eigenvalue weighted by atomic mass is 16.5. The number of methoxy groups -OCH3 is 1. The first-order valence-electron chi connectivity index (χ1n) is 11.4. The molecule has 2 aromatic rings. The van der Waals surface area contributed by atoms with E-state index in [9.17, 15) is 0 Å². The highest BCUT2D eigenvalue weighted by Crippen LogP contribution is 2.15. The summed E-state index contributed by atoms with van der Waals surface area (Å²) in [7, 11) is 1.68. The number of hydrogen-bond donors (Lipinski definition) is 2. The molecular weight excluding hydrogens is 406 g/mol. The summed E-state index contributed by atoms with van der Waals surface area (Å²) in [5.41, 5.74) is 1.13. The van der Waals surface area contributed by atoms with Gasteiger partial charge in [-0.15, -0.1) is 10.2 Å². The summed E-state index contributed by atoms with van der Waals surface area (Å²) in [5.74, 6) is 2.64. The molecule has 0 radical (unpaired) electrons. The van der Waals surface area contributed by atoms with Gasteiger partial charge in [0.2, 0.25) is 0 Å². The van der Waals surface area contributed by atoms with Gasteiger partial charge in [-0.25, -0.2) is 4.99 Å². The van der Waals surface area contributed by atoms with Crippen LogP contribution in [0.5, 0.6) is 5.75 Å². The summed E-state index contributed by atoms with van der Waals surface area (Å²) in [6.45, 7) is 13.0. The number of hydrogen-bond acceptors (Lipinski definition) is 6. The Morgan fingerprint density at radius 3 is 2.62 bits per heavy atom. The first kappa shape index (κ1) is 24.0. The molecule has 0 bridgehead atoms. The maximum atomic E-state index is 5.51. The van der Waals surface area contributed by atoms with Crippen molar-refractivity contribution in [1.82, 2.24) is 30.3 Å². The Bertz CT molecular complexity index is 842. The molecule has 1 aromatic carbocycles. The quantitative estimate of drug-likeness (QED) is 0.427. The molecule has 0 unspecified atom stereocenters. The lowest BCUT2D eigenvalue weighted by molar-refractivity contribution is -0.00834. The molecule has 2 heterocycles. The highest BCUT2D eigenvalue weighted by Gasteiger charge is 2.28. The number of nitrogens with zero attached hydrogens (tertiary/aromatic N) is 5. The van der Waals surface area contributed by atoms with E-state index in [-0.39, 0.29) is 5.54 Å². The van der Waals surface area contributed by atoms with Gasteiger partial charge >= 0.3 is 0 Å². The molecule has 32 heavy (non-hydrogen) atoms. The van der Waals surface area contributed by atoms with E-state index in [0.717, 1.165) is 75.5 Å². The monoisotopic (exact) mass is 443 g/mol. The van der Waals surface area contributed by atoms with Crippen molar-refractivity contribution in [2.24, 2.45) is 4.99 Å². The molecule has 0 atom stereocenters. The van der Waals surface area contributed by atoms with Crippen molar-refractivity contribution in [2.75, 3.05) is 46.5 Å². The van der Waals surface area contributed by atoms with E-state index in [2.05, 4.69) is 51.1 Å². The Labute approximate surface area is 191 Å². The SMILES string of the molecule is CCc1nncn1CCNC(=NCc1ccc(OC)cc1)NCC(C)(C)N1CCOCC1. The van der Waals surface area contributed by atoms with Gasteiger partial charge in [0.25, 0.3) is 0 Å². The van der Waals surface area contributed by atoms with Crippen LogP contribution in [-0.2, 0) is 24.2 Å². The van der Waals surface area contributed by atoms with Crippen molar-refractivity contribution in [1.29, 1.82) is 0 Å². The minimum absolute atomic E-state index is 0.00398. The number of aliphatic imine (C=N–C) groups is 1. The zero-order chi connectivity index (χ0) is 22.8. The topological polar surface area (TPSA) is 88.8 Å². The molecule has 176 valence electrons. The van der Waals surface area contributed by atoms with Gasteiger partial charge in [-0.1, -0.05) is 19.1 Å². The Balaban J connectivity index is 1.61. The number of benzene rings is 1. The smallest absolute Gasteiger partial charge is 0.191 e. The van der Waals surface area contributed by atoms with Crippen molar-refractivity contribution in [3.05, 3.63) is 42.0 Å². The van der Waals surface area contributed by atoms with E-state index in [4.69, 9.17) is 14.5 Å². The normalized spacial score (nSPS) is 15.6. The van der Waals surface area contributed by atoms with Gasteiger partial charge in [0.1, 0.15) is 17.9 Å². The molecule has 1 aliphatic heterocycles. The van der Waals surface area contributed by atoms with E-state index in [1.165, 1.54) is 0 Å². The fourth-order valence-corrected chi connectivity index (χ4v) is 3.69. The average molecular weight is 444 g/mol. The molecule has 1 aromatic heterocycles. The fourth-order valence-electron chi connectivity index (χ4n) is 3.69. The molecule has 0 saturated carbocycles. The third-order valence-electron chi connectivity index (χ3n) is 5.79. The van der Waals surface area contributed by atoms with Crippen LogP contribution in [0.25, 0.3) is 0 Å². The summed E-state index contributed by atoms with van der Waals surface area (Å²) in [5, 5.41) is 15.2. The standard InChI is InChI=1S/C23H37N7O2/c1-5-21-28-27-18-29(21)11-10-24-22(25-16-19-6-8-20(31-4)9-7-19)26-17-23(2,3)30-12-14-32-15-13-30/h6-9,18H,5,10-17H2,1-4H3,(H2,24,25,26). The maximum absolute atomic E-state index is 5.51. The van der Waals surface area contributed by atoms with Gasteiger partial charge < -0.3 is 24.7 Å². The van der Waals surface area contributed by atoms with Gasteiger partial charge in [-0.3, -0.25) is 4.90 Å². The summed E-state index contributed by atoms with van der Waals surface area (Å²) in [6, 6.07) is 8.01. The Hall–Kier alpha value is -2.65. The zero-order valence-electron chi connectivity index (χ0n) is 19.8. The highest BCUT2D eigenvalue weighted by molar-refractivity contribution is 5.79. The van der Waals surface area contributed by atoms with Crippen molar-refractivity contribution >= 4 is 5.96 Å². The van der Waals surface area contributed by atoms with E-state index in [1.807, 2.05) is 24.3 Å². The molecule has 1 saturated heterocycles. The van der Waals surface area contributed by atoms with Crippen LogP contribution in [-0.4, -0.2) is 77.7 Å². The van der Waals surface area contributed by atoms with Crippen LogP contribution in [0.15, 0.2) is 35.6 Å². The van der Waals surface area contributed by atoms with Crippen LogP contribution in [0.2, 0.25) is 0 Å². The molecule has 0 amide bonds. The zero-order valence-corrected chi connectivity index (χ0v) is 19.8. The molecule has 2 N–H and O–H groups in total. The van der Waals surface area contributed by atoms with E-state index < -0.39 is 0 Å². The van der Waals surface area contributed by atoms with E-state index in [1.54, 1.807) is 13.4 Å². The molecular formula is C23H37N7O2. The van der Waals surface area contributed by atoms with Crippen LogP contribution >= 0.6 is 0 Å². The molecule has 9 nitrogen and oxygen atoms in total. The number of morpholine rings is 1. The summed E-state index contributed by atoms with van der Waals surface area (Å²) in [4.78, 5) is 7.30. The first-order chi connectivity index (χ1) is 15.5. The lowest BCUT2D eigenvalue weighted by Gasteiger charge is -2.41. The van der Waals surface area contributed by atoms with Crippen LogP contribution in [0, 0.1) is 0 Å². The Morgan fingerprint density at radius 1 is 1.19 bits per heavy atom. The minimum Gasteiger partial charge on any atom is -0.497 e. The Morgan fingerprint density at radius 2 is 1.94 bits per heavy atom. The van der Waals surface area contributed by atoms with Crippen LogP contribution in [0.1, 0.15) is 32.2 Å². The number of ether oxygens (including phenoxy) is 2. The predicted octanol–water partition coefficient (Wildman–Crippen LogP) is 1.70. The minimum atomic E-state index is -0.00398.